The molecule has 0 heterocycles. The highest BCUT2D eigenvalue weighted by molar-refractivity contribution is 5.39. The van der Waals surface area contributed by atoms with E-state index in [2.05, 4.69) is 0 Å². The van der Waals surface area contributed by atoms with Gasteiger partial charge in [0.05, 0.1) is 13.2 Å². The Hall–Kier alpha value is -1.18. The summed E-state index contributed by atoms with van der Waals surface area (Å²) in [7, 11) is 0. The summed E-state index contributed by atoms with van der Waals surface area (Å²) in [4.78, 5) is 0. The highest BCUT2D eigenvalue weighted by Gasteiger charge is 2.00. The molecule has 0 spiro atoms. The smallest absolute Gasteiger partial charge is 0.125 e. The lowest BCUT2D eigenvalue weighted by Crippen LogP contribution is -1.96. The van der Waals surface area contributed by atoms with Crippen molar-refractivity contribution in [1.82, 2.24) is 0 Å². The second-order valence-electron chi connectivity index (χ2n) is 2.79. The lowest BCUT2D eigenvalue weighted by molar-refractivity contribution is 0.321. The maximum absolute atomic E-state index is 5.44. The summed E-state index contributed by atoms with van der Waals surface area (Å²) in [6.07, 6.45) is 0. The number of hydrogen-bond acceptors (Lipinski definition) is 2. The molecule has 1 aromatic rings. The van der Waals surface area contributed by atoms with Crippen molar-refractivity contribution in [2.75, 3.05) is 13.2 Å². The maximum atomic E-state index is 5.44. The summed E-state index contributed by atoms with van der Waals surface area (Å²) in [5.41, 5.74) is 1.14. The van der Waals surface area contributed by atoms with Gasteiger partial charge in [-0.05, 0) is 32.4 Å². The van der Waals surface area contributed by atoms with Crippen molar-refractivity contribution in [1.29, 1.82) is 0 Å². The summed E-state index contributed by atoms with van der Waals surface area (Å²) >= 11 is 0. The number of ether oxygens (including phenoxy) is 2. The van der Waals surface area contributed by atoms with Crippen molar-refractivity contribution in [2.45, 2.75) is 20.8 Å². The molecule has 0 atom stereocenters. The van der Waals surface area contributed by atoms with E-state index < -0.39 is 0 Å². The molecule has 0 aliphatic carbocycles. The molecule has 2 heteroatoms. The van der Waals surface area contributed by atoms with Gasteiger partial charge in [-0.1, -0.05) is 6.07 Å². The highest BCUT2D eigenvalue weighted by atomic mass is 16.5. The van der Waals surface area contributed by atoms with Crippen LogP contribution in [0.1, 0.15) is 19.4 Å². The third-order valence-electron chi connectivity index (χ3n) is 1.77. The van der Waals surface area contributed by atoms with Gasteiger partial charge < -0.3 is 9.47 Å². The van der Waals surface area contributed by atoms with Crippen molar-refractivity contribution in [3.05, 3.63) is 23.8 Å². The van der Waals surface area contributed by atoms with Crippen LogP contribution in [0.15, 0.2) is 18.2 Å². The van der Waals surface area contributed by atoms with Crippen LogP contribution in [-0.2, 0) is 0 Å². The van der Waals surface area contributed by atoms with E-state index in [4.69, 9.17) is 9.47 Å². The average Bonchev–Trinajstić information content (AvgIpc) is 2.12. The van der Waals surface area contributed by atoms with E-state index in [1.165, 1.54) is 0 Å². The molecule has 0 bridgehead atoms. The Kier molecular flexibility index (Phi) is 3.62. The van der Waals surface area contributed by atoms with E-state index in [0.717, 1.165) is 17.1 Å². The van der Waals surface area contributed by atoms with Gasteiger partial charge in [-0.2, -0.15) is 0 Å². The second-order valence-corrected chi connectivity index (χ2v) is 2.79. The predicted octanol–water partition coefficient (Wildman–Crippen LogP) is 2.79. The molecule has 1 aromatic carbocycles. The Labute approximate surface area is 79.5 Å². The van der Waals surface area contributed by atoms with Crippen LogP contribution in [0.25, 0.3) is 0 Å². The lowest BCUT2D eigenvalue weighted by atomic mass is 10.2. The molecule has 0 amide bonds. The molecule has 0 aliphatic heterocycles. The van der Waals surface area contributed by atoms with Crippen LogP contribution in [0.5, 0.6) is 11.5 Å². The van der Waals surface area contributed by atoms with Gasteiger partial charge in [0.25, 0.3) is 0 Å². The maximum Gasteiger partial charge on any atom is 0.125 e. The SMILES string of the molecule is CCOc1ccc(C)c(OCC)c1. The molecule has 0 N–H and O–H groups in total. The number of rotatable bonds is 4. The standard InChI is InChI=1S/C11H16O2/c1-4-12-10-7-6-9(3)11(8-10)13-5-2/h6-8H,4-5H2,1-3H3. The molecule has 0 aliphatic rings. The van der Waals surface area contributed by atoms with E-state index in [9.17, 15) is 0 Å². The molecule has 0 saturated heterocycles. The molecular formula is C11H16O2. The number of aryl methyl sites for hydroxylation is 1. The second kappa shape index (κ2) is 4.75. The normalized spacial score (nSPS) is 9.77. The van der Waals surface area contributed by atoms with E-state index in [0.29, 0.717) is 13.2 Å². The van der Waals surface area contributed by atoms with Crippen molar-refractivity contribution < 1.29 is 9.47 Å². The van der Waals surface area contributed by atoms with E-state index >= 15 is 0 Å². The van der Waals surface area contributed by atoms with Crippen molar-refractivity contribution >= 4 is 0 Å². The molecule has 0 saturated carbocycles. The van der Waals surface area contributed by atoms with Crippen LogP contribution >= 0.6 is 0 Å². The fraction of sp³-hybridized carbons (Fsp3) is 0.455. The van der Waals surface area contributed by atoms with Crippen LogP contribution in [0.3, 0.4) is 0 Å². The van der Waals surface area contributed by atoms with Crippen LogP contribution in [0, 0.1) is 6.92 Å². The molecule has 2 nitrogen and oxygen atoms in total. The van der Waals surface area contributed by atoms with Crippen molar-refractivity contribution in [3.8, 4) is 11.5 Å². The highest BCUT2D eigenvalue weighted by Crippen LogP contribution is 2.23. The molecule has 1 rings (SSSR count). The molecule has 0 fully saturated rings. The fourth-order valence-electron chi connectivity index (χ4n) is 1.15. The lowest BCUT2D eigenvalue weighted by Gasteiger charge is -2.09. The van der Waals surface area contributed by atoms with Crippen LogP contribution in [-0.4, -0.2) is 13.2 Å². The van der Waals surface area contributed by atoms with Crippen molar-refractivity contribution in [2.24, 2.45) is 0 Å². The largest absolute Gasteiger partial charge is 0.494 e. The minimum Gasteiger partial charge on any atom is -0.494 e. The molecule has 0 unspecified atom stereocenters. The zero-order chi connectivity index (χ0) is 9.68. The zero-order valence-corrected chi connectivity index (χ0v) is 8.46. The monoisotopic (exact) mass is 180 g/mol. The van der Waals surface area contributed by atoms with Gasteiger partial charge in [0.1, 0.15) is 11.5 Å². The molecule has 0 radical (unpaired) electrons. The quantitative estimate of drug-likeness (QED) is 0.709. The predicted molar refractivity (Wildman–Crippen MR) is 53.5 cm³/mol. The Bertz CT molecular complexity index is 269. The minimum atomic E-state index is 0.689. The summed E-state index contributed by atoms with van der Waals surface area (Å²) in [6, 6.07) is 5.90. The molecule has 0 aromatic heterocycles. The summed E-state index contributed by atoms with van der Waals surface area (Å²) < 4.78 is 10.8. The summed E-state index contributed by atoms with van der Waals surface area (Å²) in [6.45, 7) is 7.36. The average molecular weight is 180 g/mol. The first-order valence-corrected chi connectivity index (χ1v) is 4.64. The molecule has 72 valence electrons. The van der Waals surface area contributed by atoms with E-state index in [1.807, 2.05) is 39.0 Å². The van der Waals surface area contributed by atoms with Gasteiger partial charge in [0.15, 0.2) is 0 Å². The molecule has 13 heavy (non-hydrogen) atoms. The first kappa shape index (κ1) is 9.90. The van der Waals surface area contributed by atoms with E-state index in [1.54, 1.807) is 0 Å². The van der Waals surface area contributed by atoms with Gasteiger partial charge >= 0.3 is 0 Å². The number of hydrogen-bond donors (Lipinski definition) is 0. The Morgan fingerprint density at radius 1 is 1.08 bits per heavy atom. The summed E-state index contributed by atoms with van der Waals surface area (Å²) in [5, 5.41) is 0. The first-order chi connectivity index (χ1) is 6.27. The Morgan fingerprint density at radius 3 is 2.38 bits per heavy atom. The fourth-order valence-corrected chi connectivity index (χ4v) is 1.15. The Balaban J connectivity index is 2.83. The third kappa shape index (κ3) is 2.65. The van der Waals surface area contributed by atoms with Crippen LogP contribution < -0.4 is 9.47 Å². The van der Waals surface area contributed by atoms with E-state index in [-0.39, 0.29) is 0 Å². The first-order valence-electron chi connectivity index (χ1n) is 4.64. The van der Waals surface area contributed by atoms with Gasteiger partial charge in [0.2, 0.25) is 0 Å². The van der Waals surface area contributed by atoms with Crippen LogP contribution in [0.2, 0.25) is 0 Å². The summed E-state index contributed by atoms with van der Waals surface area (Å²) in [5.74, 6) is 1.78. The van der Waals surface area contributed by atoms with Gasteiger partial charge in [-0.25, -0.2) is 0 Å². The van der Waals surface area contributed by atoms with Gasteiger partial charge in [-0.15, -0.1) is 0 Å². The minimum absolute atomic E-state index is 0.689. The van der Waals surface area contributed by atoms with Crippen LogP contribution in [0.4, 0.5) is 0 Å². The third-order valence-corrected chi connectivity index (χ3v) is 1.77. The topological polar surface area (TPSA) is 18.5 Å². The van der Waals surface area contributed by atoms with Gasteiger partial charge in [-0.3, -0.25) is 0 Å². The number of benzene rings is 1. The molecular weight excluding hydrogens is 164 g/mol. The van der Waals surface area contributed by atoms with Gasteiger partial charge in [0, 0.05) is 6.07 Å². The zero-order valence-electron chi connectivity index (χ0n) is 8.46. The van der Waals surface area contributed by atoms with Crippen molar-refractivity contribution in [3.63, 3.8) is 0 Å². The Morgan fingerprint density at radius 2 is 1.77 bits per heavy atom.